The molecule has 0 aliphatic carbocycles. The Morgan fingerprint density at radius 2 is 1.81 bits per heavy atom. The van der Waals surface area contributed by atoms with E-state index in [0.29, 0.717) is 34.9 Å². The van der Waals surface area contributed by atoms with E-state index in [-0.39, 0.29) is 22.9 Å². The molecule has 0 saturated carbocycles. The minimum atomic E-state index is -4.26. The third-order valence-corrected chi connectivity index (χ3v) is 6.54. The smallest absolute Gasteiger partial charge is 0.246 e. The Hall–Kier alpha value is -3.93. The molecule has 4 rings (SSSR count). The highest BCUT2D eigenvalue weighted by molar-refractivity contribution is 7.92. The molecule has 36 heavy (non-hydrogen) atoms. The van der Waals surface area contributed by atoms with Crippen molar-refractivity contribution in [2.24, 2.45) is 0 Å². The van der Waals surface area contributed by atoms with E-state index in [0.717, 1.165) is 6.07 Å². The number of pyridine rings is 1. The Morgan fingerprint density at radius 1 is 1.06 bits per heavy atom. The number of fused-ring (bicyclic) bond motifs is 1. The minimum Gasteiger partial charge on any atom is -0.437 e. The van der Waals surface area contributed by atoms with Crippen molar-refractivity contribution in [2.45, 2.75) is 26.2 Å². The first kappa shape index (κ1) is 25.2. The molecule has 2 aromatic carbocycles. The highest BCUT2D eigenvalue weighted by atomic mass is 32.2. The molecule has 0 aliphatic rings. The molecule has 0 fully saturated rings. The van der Waals surface area contributed by atoms with Gasteiger partial charge in [0.2, 0.25) is 27.8 Å². The number of hydrogen-bond acceptors (Lipinski definition) is 7. The van der Waals surface area contributed by atoms with E-state index in [1.807, 2.05) is 0 Å². The van der Waals surface area contributed by atoms with E-state index in [2.05, 4.69) is 19.7 Å². The van der Waals surface area contributed by atoms with Crippen LogP contribution in [0.5, 0.6) is 11.6 Å². The summed E-state index contributed by atoms with van der Waals surface area (Å²) in [6, 6.07) is 10.7. The van der Waals surface area contributed by atoms with Crippen molar-refractivity contribution >= 4 is 32.4 Å². The highest BCUT2D eigenvalue weighted by Gasteiger charge is 2.26. The minimum absolute atomic E-state index is 0.0666. The van der Waals surface area contributed by atoms with Crippen molar-refractivity contribution in [3.8, 4) is 22.9 Å². The molecular formula is C24H22F3N5O3S. The summed E-state index contributed by atoms with van der Waals surface area (Å²) in [5.74, 6) is -4.37. The maximum atomic E-state index is 14.8. The van der Waals surface area contributed by atoms with Gasteiger partial charge in [0.05, 0.1) is 22.7 Å². The Bertz CT molecular complexity index is 1540. The fraction of sp³-hybridized carbons (Fsp3) is 0.208. The number of hydrogen-bond donors (Lipinski definition) is 2. The number of alkyl halides is 2. The van der Waals surface area contributed by atoms with Crippen LogP contribution < -0.4 is 15.2 Å². The van der Waals surface area contributed by atoms with Gasteiger partial charge in [-0.05, 0) is 49.7 Å². The van der Waals surface area contributed by atoms with Crippen molar-refractivity contribution in [3.63, 3.8) is 0 Å². The largest absolute Gasteiger partial charge is 0.437 e. The van der Waals surface area contributed by atoms with Gasteiger partial charge in [-0.1, -0.05) is 12.1 Å². The molecular weight excluding hydrogens is 495 g/mol. The SMILES string of the molecule is Cc1ccc2c(NS(=O)(=O)CCC(C)(F)F)c(F)ccc2c1Oc1ncccc1-c1ccnc(N)n1. The number of aryl methyl sites for hydroxylation is 1. The molecule has 12 heteroatoms. The number of nitrogens with two attached hydrogens (primary N) is 1. The zero-order valence-corrected chi connectivity index (χ0v) is 20.1. The van der Waals surface area contributed by atoms with Crippen LogP contribution in [-0.4, -0.2) is 35.0 Å². The monoisotopic (exact) mass is 517 g/mol. The number of nitrogens with zero attached hydrogens (tertiary/aromatic N) is 3. The summed E-state index contributed by atoms with van der Waals surface area (Å²) in [6.45, 7) is 2.38. The van der Waals surface area contributed by atoms with E-state index in [9.17, 15) is 21.6 Å². The van der Waals surface area contributed by atoms with Crippen LogP contribution in [0.25, 0.3) is 22.0 Å². The summed E-state index contributed by atoms with van der Waals surface area (Å²) in [5.41, 5.74) is 7.00. The first-order valence-corrected chi connectivity index (χ1v) is 12.4. The van der Waals surface area contributed by atoms with Gasteiger partial charge in [-0.15, -0.1) is 0 Å². The molecule has 8 nitrogen and oxygen atoms in total. The summed E-state index contributed by atoms with van der Waals surface area (Å²) < 4.78 is 74.3. The number of benzene rings is 2. The molecule has 0 bridgehead atoms. The lowest BCUT2D eigenvalue weighted by molar-refractivity contribution is 0.0189. The van der Waals surface area contributed by atoms with E-state index < -0.39 is 33.9 Å². The van der Waals surface area contributed by atoms with Gasteiger partial charge >= 0.3 is 0 Å². The molecule has 0 amide bonds. The number of aromatic nitrogens is 3. The van der Waals surface area contributed by atoms with Crippen LogP contribution in [-0.2, 0) is 10.0 Å². The molecule has 3 N–H and O–H groups in total. The number of nitrogen functional groups attached to an aromatic ring is 1. The van der Waals surface area contributed by atoms with Crippen molar-refractivity contribution in [2.75, 3.05) is 16.2 Å². The van der Waals surface area contributed by atoms with E-state index >= 15 is 0 Å². The van der Waals surface area contributed by atoms with Gasteiger partial charge in [0.15, 0.2) is 0 Å². The van der Waals surface area contributed by atoms with Gasteiger partial charge in [-0.25, -0.2) is 36.5 Å². The summed E-state index contributed by atoms with van der Waals surface area (Å²) >= 11 is 0. The van der Waals surface area contributed by atoms with Crippen molar-refractivity contribution < 1.29 is 26.3 Å². The normalized spacial score (nSPS) is 12.0. The van der Waals surface area contributed by atoms with Crippen LogP contribution in [0, 0.1) is 12.7 Å². The maximum absolute atomic E-state index is 14.8. The molecule has 2 aromatic heterocycles. The number of halogens is 3. The van der Waals surface area contributed by atoms with Crippen LogP contribution in [0.1, 0.15) is 18.9 Å². The van der Waals surface area contributed by atoms with Gasteiger partial charge < -0.3 is 10.5 Å². The fourth-order valence-electron chi connectivity index (χ4n) is 3.51. The van der Waals surface area contributed by atoms with Gasteiger partial charge in [0, 0.05) is 29.6 Å². The van der Waals surface area contributed by atoms with Crippen LogP contribution >= 0.6 is 0 Å². The Kier molecular flexibility index (Phi) is 6.72. The average molecular weight is 518 g/mol. The third-order valence-electron chi connectivity index (χ3n) is 5.28. The third kappa shape index (κ3) is 5.65. The Morgan fingerprint density at radius 3 is 2.53 bits per heavy atom. The van der Waals surface area contributed by atoms with Gasteiger partial charge in [0.25, 0.3) is 0 Å². The number of sulfonamides is 1. The first-order valence-electron chi connectivity index (χ1n) is 10.8. The average Bonchev–Trinajstić information content (AvgIpc) is 2.81. The second-order valence-corrected chi connectivity index (χ2v) is 10.1. The lowest BCUT2D eigenvalue weighted by atomic mass is 10.0. The van der Waals surface area contributed by atoms with Crippen molar-refractivity contribution in [1.82, 2.24) is 15.0 Å². The highest BCUT2D eigenvalue weighted by Crippen LogP contribution is 2.39. The second kappa shape index (κ2) is 9.61. The zero-order chi connectivity index (χ0) is 26.1. The van der Waals surface area contributed by atoms with Crippen molar-refractivity contribution in [3.05, 3.63) is 66.2 Å². The number of anilines is 2. The number of nitrogens with one attached hydrogen (secondary N) is 1. The van der Waals surface area contributed by atoms with Crippen LogP contribution in [0.15, 0.2) is 54.9 Å². The van der Waals surface area contributed by atoms with E-state index in [1.54, 1.807) is 31.2 Å². The summed E-state index contributed by atoms with van der Waals surface area (Å²) in [7, 11) is -4.26. The van der Waals surface area contributed by atoms with Crippen LogP contribution in [0.2, 0.25) is 0 Å². The summed E-state index contributed by atoms with van der Waals surface area (Å²) in [5, 5.41) is 0.569. The quantitative estimate of drug-likeness (QED) is 0.325. The molecule has 0 radical (unpaired) electrons. The topological polar surface area (TPSA) is 120 Å². The number of rotatable bonds is 8. The predicted octanol–water partition coefficient (Wildman–Crippen LogP) is 5.30. The van der Waals surface area contributed by atoms with Crippen LogP contribution in [0.4, 0.5) is 24.8 Å². The lowest BCUT2D eigenvalue weighted by Gasteiger charge is -2.17. The maximum Gasteiger partial charge on any atom is 0.246 e. The molecule has 188 valence electrons. The molecule has 0 saturated heterocycles. The predicted molar refractivity (Wildman–Crippen MR) is 131 cm³/mol. The second-order valence-electron chi connectivity index (χ2n) is 8.23. The van der Waals surface area contributed by atoms with Crippen LogP contribution in [0.3, 0.4) is 0 Å². The Balaban J connectivity index is 1.77. The fourth-order valence-corrected chi connectivity index (χ4v) is 4.76. The van der Waals surface area contributed by atoms with E-state index in [4.69, 9.17) is 10.5 Å². The van der Waals surface area contributed by atoms with Gasteiger partial charge in [0.1, 0.15) is 11.6 Å². The summed E-state index contributed by atoms with van der Waals surface area (Å²) in [4.78, 5) is 12.4. The molecule has 0 spiro atoms. The standard InChI is InChI=1S/C24H22F3N5O3S/c1-14-5-6-15-16(7-8-18(25)20(15)32-36(33,34)13-10-24(2,26)27)21(14)35-22-17(4-3-11-29-22)19-9-12-30-23(28)31-19/h3-9,11-12,32H,10,13H2,1-2H3,(H2,28,30,31). The molecule has 0 unspecified atom stereocenters. The van der Waals surface area contributed by atoms with Crippen molar-refractivity contribution in [1.29, 1.82) is 0 Å². The van der Waals surface area contributed by atoms with Gasteiger partial charge in [-0.2, -0.15) is 0 Å². The molecule has 0 aliphatic heterocycles. The molecule has 2 heterocycles. The number of ether oxygens (including phenoxy) is 1. The zero-order valence-electron chi connectivity index (χ0n) is 19.3. The summed E-state index contributed by atoms with van der Waals surface area (Å²) in [6.07, 6.45) is 2.11. The lowest BCUT2D eigenvalue weighted by Crippen LogP contribution is -2.23. The van der Waals surface area contributed by atoms with E-state index in [1.165, 1.54) is 24.5 Å². The van der Waals surface area contributed by atoms with Gasteiger partial charge in [-0.3, -0.25) is 4.72 Å². The Labute approximate surface area is 205 Å². The molecule has 0 atom stereocenters. The first-order chi connectivity index (χ1) is 16.9. The molecule has 4 aromatic rings.